The van der Waals surface area contributed by atoms with E-state index in [-0.39, 0.29) is 22.1 Å². The van der Waals surface area contributed by atoms with E-state index >= 15 is 0 Å². The second-order valence-corrected chi connectivity index (χ2v) is 4.65. The van der Waals surface area contributed by atoms with E-state index in [1.54, 1.807) is 0 Å². The number of carboxylic acid groups (broad SMARTS) is 1. The Labute approximate surface area is 124 Å². The number of hydrogen-bond acceptors (Lipinski definition) is 4. The number of aromatic hydroxyl groups is 1. The molecule has 0 bridgehead atoms. The van der Waals surface area contributed by atoms with Gasteiger partial charge in [-0.05, 0) is 30.7 Å². The Morgan fingerprint density at radius 3 is 2.71 bits per heavy atom. The van der Waals surface area contributed by atoms with Crippen LogP contribution in [0.4, 0.5) is 4.39 Å². The van der Waals surface area contributed by atoms with Gasteiger partial charge in [0.25, 0.3) is 0 Å². The molecule has 1 atom stereocenters. The van der Waals surface area contributed by atoms with Crippen molar-refractivity contribution in [1.82, 2.24) is 4.98 Å². The normalized spacial score (nSPS) is 12.0. The number of carboxylic acids is 1. The highest BCUT2D eigenvalue weighted by Crippen LogP contribution is 2.35. The number of halogens is 2. The zero-order valence-corrected chi connectivity index (χ0v) is 11.6. The first-order valence-electron chi connectivity index (χ1n) is 5.93. The molecular weight excluding hydrogens is 301 g/mol. The molecule has 0 aliphatic carbocycles. The lowest BCUT2D eigenvalue weighted by Crippen LogP contribution is -2.22. The third kappa shape index (κ3) is 3.22. The molecule has 110 valence electrons. The molecule has 2 aromatic rings. The van der Waals surface area contributed by atoms with Gasteiger partial charge in [-0.25, -0.2) is 9.78 Å². The highest BCUT2D eigenvalue weighted by Gasteiger charge is 2.17. The van der Waals surface area contributed by atoms with Crippen LogP contribution in [0.15, 0.2) is 30.5 Å². The Kier molecular flexibility index (Phi) is 4.28. The van der Waals surface area contributed by atoms with Gasteiger partial charge in [-0.15, -0.1) is 0 Å². The minimum Gasteiger partial charge on any atom is -0.504 e. The Bertz CT molecular complexity index is 672. The van der Waals surface area contributed by atoms with Gasteiger partial charge >= 0.3 is 5.97 Å². The number of benzene rings is 1. The van der Waals surface area contributed by atoms with E-state index in [2.05, 4.69) is 4.98 Å². The average molecular weight is 312 g/mol. The number of phenolic OH excluding ortho intramolecular Hbond substituents is 1. The van der Waals surface area contributed by atoms with Crippen LogP contribution in [-0.2, 0) is 4.79 Å². The van der Waals surface area contributed by atoms with Crippen LogP contribution >= 0.6 is 11.6 Å². The SMILES string of the molecule is CC(Oc1ccc(-c2c(Cl)ccnc2F)cc1O)C(=O)O. The molecule has 0 fully saturated rings. The molecule has 0 saturated heterocycles. The average Bonchev–Trinajstić information content (AvgIpc) is 2.41. The van der Waals surface area contributed by atoms with Crippen molar-refractivity contribution in [3.63, 3.8) is 0 Å². The number of phenols is 1. The van der Waals surface area contributed by atoms with Gasteiger partial charge in [-0.3, -0.25) is 0 Å². The van der Waals surface area contributed by atoms with Crippen LogP contribution in [0.2, 0.25) is 5.02 Å². The molecule has 1 unspecified atom stereocenters. The number of pyridine rings is 1. The Morgan fingerprint density at radius 1 is 1.43 bits per heavy atom. The summed E-state index contributed by atoms with van der Waals surface area (Å²) < 4.78 is 18.8. The van der Waals surface area contributed by atoms with Crippen molar-refractivity contribution in [2.45, 2.75) is 13.0 Å². The molecule has 0 amide bonds. The van der Waals surface area contributed by atoms with Crippen molar-refractivity contribution in [2.24, 2.45) is 0 Å². The van der Waals surface area contributed by atoms with E-state index in [0.717, 1.165) is 0 Å². The van der Waals surface area contributed by atoms with Gasteiger partial charge in [-0.1, -0.05) is 17.7 Å². The first kappa shape index (κ1) is 15.1. The van der Waals surface area contributed by atoms with Crippen LogP contribution in [0.1, 0.15) is 6.92 Å². The summed E-state index contributed by atoms with van der Waals surface area (Å²) in [6.45, 7) is 1.33. The Morgan fingerprint density at radius 2 is 2.14 bits per heavy atom. The number of aromatic nitrogens is 1. The number of aliphatic carboxylic acids is 1. The van der Waals surface area contributed by atoms with Crippen molar-refractivity contribution in [1.29, 1.82) is 0 Å². The van der Waals surface area contributed by atoms with Gasteiger partial charge < -0.3 is 14.9 Å². The fourth-order valence-corrected chi connectivity index (χ4v) is 1.93. The Hall–Kier alpha value is -2.34. The molecule has 1 aromatic heterocycles. The van der Waals surface area contributed by atoms with Crippen molar-refractivity contribution >= 4 is 17.6 Å². The van der Waals surface area contributed by atoms with E-state index in [4.69, 9.17) is 21.4 Å². The van der Waals surface area contributed by atoms with Crippen LogP contribution in [0.3, 0.4) is 0 Å². The largest absolute Gasteiger partial charge is 0.504 e. The molecule has 21 heavy (non-hydrogen) atoms. The summed E-state index contributed by atoms with van der Waals surface area (Å²) in [5.74, 6) is -2.27. The zero-order chi connectivity index (χ0) is 15.6. The predicted octanol–water partition coefficient (Wildman–Crippen LogP) is 3.10. The van der Waals surface area contributed by atoms with Crippen molar-refractivity contribution in [2.75, 3.05) is 0 Å². The van der Waals surface area contributed by atoms with Gasteiger partial charge in [0.15, 0.2) is 17.6 Å². The van der Waals surface area contributed by atoms with Gasteiger partial charge in [0, 0.05) is 6.20 Å². The summed E-state index contributed by atoms with van der Waals surface area (Å²) in [7, 11) is 0. The minimum atomic E-state index is -1.17. The van der Waals surface area contributed by atoms with E-state index < -0.39 is 18.0 Å². The monoisotopic (exact) mass is 311 g/mol. The molecule has 0 aliphatic heterocycles. The lowest BCUT2D eigenvalue weighted by atomic mass is 10.1. The summed E-state index contributed by atoms with van der Waals surface area (Å²) >= 11 is 5.91. The third-order valence-corrected chi connectivity index (χ3v) is 3.07. The van der Waals surface area contributed by atoms with E-state index in [9.17, 15) is 14.3 Å². The summed E-state index contributed by atoms with van der Waals surface area (Å²) in [5, 5.41) is 18.8. The smallest absolute Gasteiger partial charge is 0.344 e. The Balaban J connectivity index is 2.37. The second-order valence-electron chi connectivity index (χ2n) is 4.24. The fraction of sp³-hybridized carbons (Fsp3) is 0.143. The molecule has 1 heterocycles. The molecule has 0 spiro atoms. The quantitative estimate of drug-likeness (QED) is 0.848. The summed E-state index contributed by atoms with van der Waals surface area (Å²) in [4.78, 5) is 14.2. The summed E-state index contributed by atoms with van der Waals surface area (Å²) in [6.07, 6.45) is 0.105. The highest BCUT2D eigenvalue weighted by molar-refractivity contribution is 6.33. The lowest BCUT2D eigenvalue weighted by Gasteiger charge is -2.13. The molecule has 7 heteroatoms. The number of carbonyl (C=O) groups is 1. The lowest BCUT2D eigenvalue weighted by molar-refractivity contribution is -0.144. The first-order chi connectivity index (χ1) is 9.90. The van der Waals surface area contributed by atoms with Gasteiger partial charge in [0.05, 0.1) is 10.6 Å². The van der Waals surface area contributed by atoms with Gasteiger partial charge in [0.2, 0.25) is 5.95 Å². The van der Waals surface area contributed by atoms with Crippen molar-refractivity contribution in [3.05, 3.63) is 41.4 Å². The van der Waals surface area contributed by atoms with Gasteiger partial charge in [-0.2, -0.15) is 4.39 Å². The molecule has 2 N–H and O–H groups in total. The molecule has 0 saturated carbocycles. The van der Waals surface area contributed by atoms with Crippen LogP contribution in [0, 0.1) is 5.95 Å². The maximum Gasteiger partial charge on any atom is 0.344 e. The molecular formula is C14H11ClFNO4. The first-order valence-corrected chi connectivity index (χ1v) is 6.30. The minimum absolute atomic E-state index is 0.0194. The summed E-state index contributed by atoms with van der Waals surface area (Å²) in [5.41, 5.74) is 0.353. The van der Waals surface area contributed by atoms with E-state index in [0.29, 0.717) is 5.56 Å². The maximum absolute atomic E-state index is 13.7. The fourth-order valence-electron chi connectivity index (χ4n) is 1.68. The predicted molar refractivity (Wildman–Crippen MR) is 74.0 cm³/mol. The topological polar surface area (TPSA) is 79.7 Å². The molecule has 5 nitrogen and oxygen atoms in total. The molecule has 1 aromatic carbocycles. The third-order valence-electron chi connectivity index (χ3n) is 2.75. The summed E-state index contributed by atoms with van der Waals surface area (Å²) in [6, 6.07) is 5.45. The molecule has 0 radical (unpaired) electrons. The number of ether oxygens (including phenoxy) is 1. The highest BCUT2D eigenvalue weighted by atomic mass is 35.5. The second kappa shape index (κ2) is 5.97. The van der Waals surface area contributed by atoms with E-state index in [1.165, 1.54) is 37.4 Å². The van der Waals surface area contributed by atoms with Crippen LogP contribution in [0.5, 0.6) is 11.5 Å². The standard InChI is InChI=1S/C14H11ClFNO4/c1-7(14(19)20)21-11-3-2-8(6-10(11)18)12-9(15)4-5-17-13(12)16/h2-7,18H,1H3,(H,19,20). The molecule has 2 rings (SSSR count). The van der Waals surface area contributed by atoms with Crippen LogP contribution in [-0.4, -0.2) is 27.3 Å². The molecule has 0 aliphatic rings. The van der Waals surface area contributed by atoms with Crippen LogP contribution < -0.4 is 4.74 Å². The maximum atomic E-state index is 13.7. The number of hydrogen-bond donors (Lipinski definition) is 2. The van der Waals surface area contributed by atoms with Crippen LogP contribution in [0.25, 0.3) is 11.1 Å². The number of rotatable bonds is 4. The number of nitrogens with zero attached hydrogens (tertiary/aromatic N) is 1. The van der Waals surface area contributed by atoms with Crippen molar-refractivity contribution in [3.8, 4) is 22.6 Å². The van der Waals surface area contributed by atoms with E-state index in [1.807, 2.05) is 0 Å². The zero-order valence-electron chi connectivity index (χ0n) is 10.9. The van der Waals surface area contributed by atoms with Crippen molar-refractivity contribution < 1.29 is 24.1 Å². The van der Waals surface area contributed by atoms with Gasteiger partial charge in [0.1, 0.15) is 0 Å².